The van der Waals surface area contributed by atoms with Gasteiger partial charge in [0.2, 0.25) is 17.7 Å². The maximum absolute atomic E-state index is 14.3. The number of piperidine rings is 1. The number of para-hydroxylation sites is 1. The van der Waals surface area contributed by atoms with Gasteiger partial charge in [-0.15, -0.1) is 10.2 Å². The zero-order chi connectivity index (χ0) is 54.2. The molecule has 4 amide bonds. The van der Waals surface area contributed by atoms with Crippen LogP contribution < -0.4 is 30.5 Å². The zero-order valence-electron chi connectivity index (χ0n) is 44.4. The van der Waals surface area contributed by atoms with Crippen molar-refractivity contribution in [2.24, 2.45) is 5.92 Å². The number of rotatable bonds is 14. The third-order valence-corrected chi connectivity index (χ3v) is 16.6. The van der Waals surface area contributed by atoms with Gasteiger partial charge in [0, 0.05) is 120 Å². The van der Waals surface area contributed by atoms with E-state index in [0.717, 1.165) is 68.6 Å². The predicted octanol–water partition coefficient (Wildman–Crippen LogP) is 5.46. The van der Waals surface area contributed by atoms with Gasteiger partial charge >= 0.3 is 6.03 Å². The maximum atomic E-state index is 14.3. The smallest absolute Gasteiger partial charge is 0.320 e. The Hall–Kier alpha value is -7.70. The number of pyridine rings is 1. The molecule has 1 aliphatic carbocycles. The van der Waals surface area contributed by atoms with Gasteiger partial charge in [-0.25, -0.2) is 9.78 Å². The molecule has 5 aromatic rings. The van der Waals surface area contributed by atoms with Crippen LogP contribution in [0.3, 0.4) is 0 Å². The van der Waals surface area contributed by atoms with E-state index >= 15 is 0 Å². The molecule has 2 bridgehead atoms. The van der Waals surface area contributed by atoms with Crippen LogP contribution >= 0.6 is 0 Å². The number of nitrogens with zero attached hydrogens (tertiary/aromatic N) is 11. The van der Waals surface area contributed by atoms with Crippen LogP contribution in [-0.4, -0.2) is 165 Å². The van der Waals surface area contributed by atoms with E-state index in [0.29, 0.717) is 79.4 Å². The number of urea groups is 1. The number of aliphatic hydroxyl groups excluding tert-OH is 1. The molecule has 11 rings (SSSR count). The highest BCUT2D eigenvalue weighted by atomic mass is 16.5. The zero-order valence-corrected chi connectivity index (χ0v) is 44.4. The molecule has 5 N–H and O–H groups in total. The highest BCUT2D eigenvalue weighted by Gasteiger charge is 2.45. The Kier molecular flexibility index (Phi) is 15.0. The number of aromatic nitrogens is 4. The molecule has 6 fully saturated rings. The van der Waals surface area contributed by atoms with Crippen LogP contribution in [0.25, 0.3) is 11.3 Å². The number of aliphatic hydroxyl groups is 1. The number of fused-ring (bicyclic) bond motifs is 2. The molecule has 21 heteroatoms. The van der Waals surface area contributed by atoms with Crippen molar-refractivity contribution in [3.05, 3.63) is 95.9 Å². The van der Waals surface area contributed by atoms with E-state index in [2.05, 4.69) is 58.6 Å². The van der Waals surface area contributed by atoms with Gasteiger partial charge < -0.3 is 64.7 Å². The Morgan fingerprint density at radius 1 is 0.821 bits per heavy atom. The predicted molar refractivity (Wildman–Crippen MR) is 290 cm³/mol. The highest BCUT2D eigenvalue weighted by Crippen LogP contribution is 2.41. The van der Waals surface area contributed by atoms with Crippen molar-refractivity contribution in [2.45, 2.75) is 120 Å². The van der Waals surface area contributed by atoms with Crippen molar-refractivity contribution in [3.8, 4) is 29.0 Å². The van der Waals surface area contributed by atoms with E-state index in [9.17, 15) is 24.6 Å². The summed E-state index contributed by atoms with van der Waals surface area (Å²) in [5.41, 5.74) is 10.9. The molecule has 21 nitrogen and oxygen atoms in total. The number of nitrogens with two attached hydrogens (primary N) is 1. The number of β-amino-alcohol motifs (C(OH)–C–C–N with tert-alkyl or cyclic N) is 1. The van der Waals surface area contributed by atoms with Gasteiger partial charge in [0.05, 0.1) is 47.4 Å². The first-order chi connectivity index (χ1) is 37.8. The van der Waals surface area contributed by atoms with Gasteiger partial charge in [-0.1, -0.05) is 43.3 Å². The van der Waals surface area contributed by atoms with Crippen LogP contribution in [0.2, 0.25) is 0 Å². The topological polar surface area (TPSA) is 256 Å². The van der Waals surface area contributed by atoms with Gasteiger partial charge in [-0.3, -0.25) is 9.59 Å². The number of nitrogens with one attached hydrogen (secondary N) is 1. The van der Waals surface area contributed by atoms with Gasteiger partial charge in [0.1, 0.15) is 23.8 Å². The number of anilines is 4. The normalized spacial score (nSPS) is 24.2. The van der Waals surface area contributed by atoms with Crippen LogP contribution in [-0.2, 0) is 14.3 Å². The van der Waals surface area contributed by atoms with E-state index in [1.807, 2.05) is 55.0 Å². The fourth-order valence-corrected chi connectivity index (χ4v) is 12.3. The first kappa shape index (κ1) is 52.4. The monoisotopic (exact) mass is 1060 g/mol. The Morgan fingerprint density at radius 2 is 1.54 bits per heavy atom. The quantitative estimate of drug-likeness (QED) is 0.108. The van der Waals surface area contributed by atoms with E-state index in [1.165, 1.54) is 4.90 Å². The SMILES string of the molecule is CC(C)[C@@H](C(=O)N1C[C@H](O)C[C@H]1C(=O)N[C@@H](C)c1ccc(C#N)cc1)c1cc(N2CCN(C(=O)N3CCC(OC4CC(Oc5cc(N6C7CCC6CN(c6cc(-c8ccccc8O)nnc6N)C7)ccn5)C4)CC3)CC2)no1. The van der Waals surface area contributed by atoms with Crippen LogP contribution in [0.1, 0.15) is 94.6 Å². The van der Waals surface area contributed by atoms with Crippen LogP contribution in [0.5, 0.6) is 11.6 Å². The van der Waals surface area contributed by atoms with Crippen molar-refractivity contribution in [1.82, 2.24) is 40.4 Å². The minimum Gasteiger partial charge on any atom is -0.507 e. The fourth-order valence-electron chi connectivity index (χ4n) is 12.3. The summed E-state index contributed by atoms with van der Waals surface area (Å²) in [5.74, 6) is 0.498. The summed E-state index contributed by atoms with van der Waals surface area (Å²) in [6.07, 6.45) is 6.51. The number of phenols is 1. The molecule has 2 aromatic carbocycles. The molecule has 5 aliphatic heterocycles. The van der Waals surface area contributed by atoms with Crippen molar-refractivity contribution in [2.75, 3.05) is 79.3 Å². The molecule has 3 aromatic heterocycles. The number of likely N-dealkylation sites (tertiary alicyclic amines) is 2. The lowest BCUT2D eigenvalue weighted by Gasteiger charge is -2.43. The molecule has 8 heterocycles. The third kappa shape index (κ3) is 10.9. The first-order valence-corrected chi connectivity index (χ1v) is 27.5. The molecule has 6 aliphatic rings. The van der Waals surface area contributed by atoms with Gasteiger partial charge in [-0.2, -0.15) is 5.26 Å². The van der Waals surface area contributed by atoms with Crippen LogP contribution in [0, 0.1) is 17.2 Å². The van der Waals surface area contributed by atoms with E-state index in [-0.39, 0.29) is 78.9 Å². The van der Waals surface area contributed by atoms with E-state index in [4.69, 9.17) is 25.0 Å². The average molecular weight is 1060 g/mol. The van der Waals surface area contributed by atoms with Gasteiger partial charge in [-0.05, 0) is 80.5 Å². The molecule has 2 unspecified atom stereocenters. The second-order valence-electron chi connectivity index (χ2n) is 22.1. The number of amides is 4. The second-order valence-corrected chi connectivity index (χ2v) is 22.1. The minimum absolute atomic E-state index is 0.0185. The standard InChI is InChI=1S/C57H69N13O8/c1-34(2)53(56(74)69-33-41(71)25-48(69)55(73)61-35(3)37-10-8-36(30-58)9-11-37)50-29-51(64-78-50)65-20-22-67(23-21-65)57(75)66-18-15-42(16-19-66)76-43-26-44(27-43)77-52-24-38(14-17-60-52)70-39-12-13-40(70)32-68(31-39)47-28-46(62-63-54(47)59)45-6-4-5-7-49(45)72/h4-11,14,17,24,28-29,34-35,39-44,48,53,71-72H,12-13,15-16,18-23,25-27,31-33H2,1-3H3,(H2,59,63)(H,61,73)/t35-,39?,40?,41+,43?,44?,48-,53+/m0/s1. The number of piperazine rings is 2. The number of ether oxygens (including phenoxy) is 2. The summed E-state index contributed by atoms with van der Waals surface area (Å²) >= 11 is 0. The lowest BCUT2D eigenvalue weighted by atomic mass is 9.91. The first-order valence-electron chi connectivity index (χ1n) is 27.5. The maximum Gasteiger partial charge on any atom is 0.320 e. The lowest BCUT2D eigenvalue weighted by Crippen LogP contribution is -2.55. The molecule has 0 spiro atoms. The number of nitrogen functional groups attached to an aromatic ring is 1. The van der Waals surface area contributed by atoms with E-state index in [1.54, 1.807) is 42.5 Å². The van der Waals surface area contributed by atoms with Crippen LogP contribution in [0.15, 0.2) is 83.5 Å². The number of carbonyl (C=O) groups excluding carboxylic acids is 3. The summed E-state index contributed by atoms with van der Waals surface area (Å²) in [6.45, 7) is 10.6. The number of nitriles is 1. The Morgan fingerprint density at radius 3 is 2.24 bits per heavy atom. The van der Waals surface area contributed by atoms with Gasteiger partial charge in [0.15, 0.2) is 17.4 Å². The molecule has 1 saturated carbocycles. The second kappa shape index (κ2) is 22.3. The van der Waals surface area contributed by atoms with Crippen molar-refractivity contribution < 1.29 is 38.6 Å². The Balaban J connectivity index is 0.609. The number of hydrogen-bond acceptors (Lipinski definition) is 17. The summed E-state index contributed by atoms with van der Waals surface area (Å²) in [5, 5.41) is 46.2. The molecular formula is C57H69N13O8. The number of phenolic OH excluding ortho intramolecular Hbond substituents is 1. The molecule has 0 radical (unpaired) electrons. The number of carbonyl (C=O) groups is 3. The average Bonchev–Trinajstić information content (AvgIpc) is 4.31. The van der Waals surface area contributed by atoms with Crippen molar-refractivity contribution >= 4 is 40.9 Å². The fraction of sp³-hybridized carbons (Fsp3) is 0.509. The highest BCUT2D eigenvalue weighted by molar-refractivity contribution is 5.91. The van der Waals surface area contributed by atoms with Gasteiger partial charge in [0.25, 0.3) is 0 Å². The molecule has 5 saturated heterocycles. The van der Waals surface area contributed by atoms with E-state index < -0.39 is 18.1 Å². The molecular weight excluding hydrogens is 995 g/mol. The van der Waals surface area contributed by atoms with Crippen molar-refractivity contribution in [3.63, 3.8) is 0 Å². The molecule has 6 atom stereocenters. The van der Waals surface area contributed by atoms with Crippen LogP contribution in [0.4, 0.5) is 27.8 Å². The largest absolute Gasteiger partial charge is 0.507 e. The molecule has 410 valence electrons. The molecule has 78 heavy (non-hydrogen) atoms. The summed E-state index contributed by atoms with van der Waals surface area (Å²) in [4.78, 5) is 58.4. The summed E-state index contributed by atoms with van der Waals surface area (Å²) < 4.78 is 18.8. The minimum atomic E-state index is -0.865. The lowest BCUT2D eigenvalue weighted by molar-refractivity contribution is -0.141. The number of aromatic hydroxyl groups is 1. The third-order valence-electron chi connectivity index (χ3n) is 16.6. The number of hydrogen-bond donors (Lipinski definition) is 4. The summed E-state index contributed by atoms with van der Waals surface area (Å²) in [6, 6.07) is 23.3. The number of benzene rings is 2. The van der Waals surface area contributed by atoms with Crippen molar-refractivity contribution in [1.29, 1.82) is 5.26 Å². The summed E-state index contributed by atoms with van der Waals surface area (Å²) in [7, 11) is 0. The Bertz CT molecular complexity index is 2990. The Labute approximate surface area is 453 Å².